The summed E-state index contributed by atoms with van der Waals surface area (Å²) in [6.07, 6.45) is 3.90. The van der Waals surface area contributed by atoms with Crippen LogP contribution in [0, 0.1) is 0 Å². The first-order valence-electron chi connectivity index (χ1n) is 5.72. The zero-order chi connectivity index (χ0) is 12.3. The first-order valence-corrected chi connectivity index (χ1v) is 6.10. The maximum Gasteiger partial charge on any atom is 0.318 e. The van der Waals surface area contributed by atoms with Gasteiger partial charge in [0, 0.05) is 19.6 Å². The van der Waals surface area contributed by atoms with Crippen LogP contribution < -0.4 is 15.0 Å². The van der Waals surface area contributed by atoms with Crippen molar-refractivity contribution in [3.8, 4) is 6.01 Å². The molecule has 1 aromatic rings. The van der Waals surface area contributed by atoms with Gasteiger partial charge < -0.3 is 15.0 Å². The molecule has 1 aliphatic heterocycles. The lowest BCUT2D eigenvalue weighted by Gasteiger charge is -2.32. The number of nitrogens with zero attached hydrogens (tertiary/aromatic N) is 3. The third-order valence-electron chi connectivity index (χ3n) is 3.04. The Morgan fingerprint density at radius 1 is 1.59 bits per heavy atom. The van der Waals surface area contributed by atoms with E-state index in [9.17, 15) is 0 Å². The van der Waals surface area contributed by atoms with E-state index in [2.05, 4.69) is 20.2 Å². The molecule has 1 aliphatic rings. The third kappa shape index (κ3) is 2.79. The summed E-state index contributed by atoms with van der Waals surface area (Å²) in [6, 6.07) is 0.765. The van der Waals surface area contributed by atoms with Gasteiger partial charge in [0.05, 0.1) is 13.3 Å². The molecule has 1 aromatic heterocycles. The topological polar surface area (TPSA) is 50.3 Å². The third-order valence-corrected chi connectivity index (χ3v) is 3.31. The Morgan fingerprint density at radius 3 is 3.06 bits per heavy atom. The van der Waals surface area contributed by atoms with Crippen LogP contribution in [0.5, 0.6) is 6.01 Å². The van der Waals surface area contributed by atoms with Crippen LogP contribution >= 0.6 is 11.6 Å². The molecule has 0 saturated carbocycles. The summed E-state index contributed by atoms with van der Waals surface area (Å²) in [5, 5.41) is 3.93. The molecule has 2 rings (SSSR count). The number of anilines is 1. The second-order valence-electron chi connectivity index (χ2n) is 4.14. The average molecular weight is 257 g/mol. The van der Waals surface area contributed by atoms with Crippen molar-refractivity contribution in [1.82, 2.24) is 15.3 Å². The first kappa shape index (κ1) is 12.4. The molecule has 1 unspecified atom stereocenters. The Kier molecular flexibility index (Phi) is 4.02. The predicted molar refractivity (Wildman–Crippen MR) is 67.9 cm³/mol. The van der Waals surface area contributed by atoms with Crippen LogP contribution in [0.15, 0.2) is 6.20 Å². The van der Waals surface area contributed by atoms with E-state index in [0.717, 1.165) is 25.3 Å². The summed E-state index contributed by atoms with van der Waals surface area (Å²) in [7, 11) is 3.56. The van der Waals surface area contributed by atoms with Gasteiger partial charge in [-0.3, -0.25) is 0 Å². The Bertz CT molecular complexity index is 382. The molecular formula is C11H17ClN4O. The Morgan fingerprint density at radius 2 is 2.41 bits per heavy atom. The van der Waals surface area contributed by atoms with Gasteiger partial charge in [-0.05, 0) is 19.4 Å². The van der Waals surface area contributed by atoms with Crippen LogP contribution in [0.1, 0.15) is 12.8 Å². The molecule has 0 amide bonds. The van der Waals surface area contributed by atoms with E-state index in [-0.39, 0.29) is 0 Å². The van der Waals surface area contributed by atoms with E-state index in [1.54, 1.807) is 13.3 Å². The molecule has 1 N–H and O–H groups in total. The van der Waals surface area contributed by atoms with Crippen LogP contribution in [0.3, 0.4) is 0 Å². The molecule has 1 fully saturated rings. The van der Waals surface area contributed by atoms with E-state index in [4.69, 9.17) is 16.3 Å². The summed E-state index contributed by atoms with van der Waals surface area (Å²) in [6.45, 7) is 2.05. The number of ether oxygens (including phenoxy) is 1. The highest BCUT2D eigenvalue weighted by atomic mass is 35.5. The van der Waals surface area contributed by atoms with Crippen LogP contribution in [0.4, 0.5) is 5.82 Å². The molecule has 0 aromatic carbocycles. The number of hydrogen-bond donors (Lipinski definition) is 1. The monoisotopic (exact) mass is 256 g/mol. The molecule has 0 radical (unpaired) electrons. The smallest absolute Gasteiger partial charge is 0.318 e. The van der Waals surface area contributed by atoms with Gasteiger partial charge in [-0.1, -0.05) is 11.6 Å². The van der Waals surface area contributed by atoms with Crippen molar-refractivity contribution in [1.29, 1.82) is 0 Å². The van der Waals surface area contributed by atoms with E-state index >= 15 is 0 Å². The lowest BCUT2D eigenvalue weighted by Crippen LogP contribution is -2.44. The van der Waals surface area contributed by atoms with Gasteiger partial charge in [0.15, 0.2) is 5.82 Å². The second-order valence-corrected chi connectivity index (χ2v) is 4.55. The quantitative estimate of drug-likeness (QED) is 0.884. The normalized spacial score (nSPS) is 20.1. The maximum atomic E-state index is 6.12. The summed E-state index contributed by atoms with van der Waals surface area (Å²) < 4.78 is 5.02. The first-order chi connectivity index (χ1) is 8.22. The van der Waals surface area contributed by atoms with Crippen molar-refractivity contribution in [3.63, 3.8) is 0 Å². The average Bonchev–Trinajstić information content (AvgIpc) is 2.39. The highest BCUT2D eigenvalue weighted by Gasteiger charge is 2.21. The Labute approximate surface area is 106 Å². The van der Waals surface area contributed by atoms with Gasteiger partial charge in [-0.2, -0.15) is 4.98 Å². The molecule has 2 heterocycles. The van der Waals surface area contributed by atoms with Gasteiger partial charge in [-0.15, -0.1) is 0 Å². The molecular weight excluding hydrogens is 240 g/mol. The van der Waals surface area contributed by atoms with Crippen LogP contribution in [-0.2, 0) is 0 Å². The maximum absolute atomic E-state index is 6.12. The van der Waals surface area contributed by atoms with Gasteiger partial charge in [0.25, 0.3) is 0 Å². The number of rotatable bonds is 3. The molecule has 0 spiro atoms. The van der Waals surface area contributed by atoms with E-state index < -0.39 is 0 Å². The second kappa shape index (κ2) is 5.51. The van der Waals surface area contributed by atoms with Crippen molar-refractivity contribution < 1.29 is 4.74 Å². The summed E-state index contributed by atoms with van der Waals surface area (Å²) in [5.74, 6) is 0.729. The van der Waals surface area contributed by atoms with Gasteiger partial charge in [-0.25, -0.2) is 4.98 Å². The summed E-state index contributed by atoms with van der Waals surface area (Å²) in [4.78, 5) is 10.4. The number of methoxy groups -OCH3 is 1. The SMILES string of the molecule is COc1ncc(Cl)c(N(C)C2CCCNC2)n1. The molecule has 0 bridgehead atoms. The Balaban J connectivity index is 2.19. The molecule has 0 aliphatic carbocycles. The number of hydrogen-bond acceptors (Lipinski definition) is 5. The number of piperidine rings is 1. The molecule has 94 valence electrons. The lowest BCUT2D eigenvalue weighted by molar-refractivity contribution is 0.378. The lowest BCUT2D eigenvalue weighted by atomic mass is 10.1. The minimum absolute atomic E-state index is 0.347. The van der Waals surface area contributed by atoms with E-state index in [0.29, 0.717) is 17.1 Å². The highest BCUT2D eigenvalue weighted by molar-refractivity contribution is 6.32. The minimum atomic E-state index is 0.347. The molecule has 5 nitrogen and oxygen atoms in total. The van der Waals surface area contributed by atoms with Crippen molar-refractivity contribution >= 4 is 17.4 Å². The van der Waals surface area contributed by atoms with Crippen molar-refractivity contribution in [3.05, 3.63) is 11.2 Å². The van der Waals surface area contributed by atoms with Gasteiger partial charge in [0.2, 0.25) is 0 Å². The van der Waals surface area contributed by atoms with E-state index in [1.807, 2.05) is 7.05 Å². The Hall–Kier alpha value is -1.07. The van der Waals surface area contributed by atoms with Crippen LogP contribution in [0.25, 0.3) is 0 Å². The summed E-state index contributed by atoms with van der Waals surface area (Å²) in [5.41, 5.74) is 0. The fourth-order valence-corrected chi connectivity index (χ4v) is 2.25. The molecule has 17 heavy (non-hydrogen) atoms. The number of aromatic nitrogens is 2. The fourth-order valence-electron chi connectivity index (χ4n) is 2.03. The predicted octanol–water partition coefficient (Wildman–Crippen LogP) is 1.33. The fraction of sp³-hybridized carbons (Fsp3) is 0.636. The zero-order valence-corrected chi connectivity index (χ0v) is 10.9. The standard InChI is InChI=1S/C11H17ClN4O/c1-16(8-4-3-5-13-6-8)10-9(12)7-14-11(15-10)17-2/h7-8,13H,3-6H2,1-2H3. The van der Waals surface area contributed by atoms with Gasteiger partial charge in [0.1, 0.15) is 5.02 Å². The molecule has 1 atom stereocenters. The number of likely N-dealkylation sites (N-methyl/N-ethyl adjacent to an activating group) is 1. The van der Waals surface area contributed by atoms with Crippen molar-refractivity contribution in [2.45, 2.75) is 18.9 Å². The molecule has 6 heteroatoms. The summed E-state index contributed by atoms with van der Waals surface area (Å²) >= 11 is 6.12. The van der Waals surface area contributed by atoms with Crippen molar-refractivity contribution in [2.24, 2.45) is 0 Å². The largest absolute Gasteiger partial charge is 0.467 e. The highest BCUT2D eigenvalue weighted by Crippen LogP contribution is 2.26. The van der Waals surface area contributed by atoms with Crippen LogP contribution in [0.2, 0.25) is 5.02 Å². The van der Waals surface area contributed by atoms with E-state index in [1.165, 1.54) is 6.42 Å². The zero-order valence-electron chi connectivity index (χ0n) is 10.1. The van der Waals surface area contributed by atoms with Crippen molar-refractivity contribution in [2.75, 3.05) is 32.1 Å². The van der Waals surface area contributed by atoms with Gasteiger partial charge >= 0.3 is 6.01 Å². The van der Waals surface area contributed by atoms with Crippen LogP contribution in [-0.4, -0.2) is 43.3 Å². The number of nitrogens with one attached hydrogen (secondary N) is 1. The minimum Gasteiger partial charge on any atom is -0.467 e. The molecule has 1 saturated heterocycles. The number of halogens is 1.